The molecule has 6 heteroatoms. The quantitative estimate of drug-likeness (QED) is 0.678. The number of hydrogen-bond acceptors (Lipinski definition) is 3. The van der Waals surface area contributed by atoms with Gasteiger partial charge in [0.2, 0.25) is 17.8 Å². The lowest BCUT2D eigenvalue weighted by atomic mass is 9.98. The number of anilines is 1. The summed E-state index contributed by atoms with van der Waals surface area (Å²) in [5, 5.41) is 0.652. The summed E-state index contributed by atoms with van der Waals surface area (Å²) >= 11 is 5.90. The SMILES string of the molecule is Cn1c(N2C(=O)C[C@H](Cc3ccc(Cl)cc3)C2=O)nc2ccccc21. The predicted octanol–water partition coefficient (Wildman–Crippen LogP) is 3.35. The summed E-state index contributed by atoms with van der Waals surface area (Å²) in [4.78, 5) is 31.0. The number of carbonyl (C=O) groups is 2. The fraction of sp³-hybridized carbons (Fsp3) is 0.211. The number of carbonyl (C=O) groups excluding carboxylic acids is 2. The summed E-state index contributed by atoms with van der Waals surface area (Å²) in [6.45, 7) is 0. The number of benzene rings is 2. The normalized spacial score (nSPS) is 17.7. The van der Waals surface area contributed by atoms with Crippen molar-refractivity contribution in [1.82, 2.24) is 9.55 Å². The summed E-state index contributed by atoms with van der Waals surface area (Å²) in [7, 11) is 1.82. The van der Waals surface area contributed by atoms with Crippen LogP contribution in [-0.4, -0.2) is 21.4 Å². The Bertz CT molecular complexity index is 978. The van der Waals surface area contributed by atoms with Crippen LogP contribution < -0.4 is 4.90 Å². The van der Waals surface area contributed by atoms with Crippen LogP contribution in [0.4, 0.5) is 5.95 Å². The molecule has 1 atom stereocenters. The minimum absolute atomic E-state index is 0.196. The summed E-state index contributed by atoms with van der Waals surface area (Å²) in [5.74, 6) is -0.385. The number of imide groups is 1. The maximum Gasteiger partial charge on any atom is 0.240 e. The van der Waals surface area contributed by atoms with Gasteiger partial charge >= 0.3 is 0 Å². The molecule has 0 saturated carbocycles. The van der Waals surface area contributed by atoms with Crippen LogP contribution in [0, 0.1) is 5.92 Å². The Hall–Kier alpha value is -2.66. The van der Waals surface area contributed by atoms with Crippen LogP contribution in [0.1, 0.15) is 12.0 Å². The zero-order valence-electron chi connectivity index (χ0n) is 13.6. The first kappa shape index (κ1) is 15.8. The average molecular weight is 354 g/mol. The largest absolute Gasteiger partial charge is 0.312 e. The minimum Gasteiger partial charge on any atom is -0.312 e. The molecule has 1 saturated heterocycles. The molecule has 2 heterocycles. The van der Waals surface area contributed by atoms with Gasteiger partial charge in [0.1, 0.15) is 0 Å². The molecular weight excluding hydrogens is 338 g/mol. The molecular formula is C19H16ClN3O2. The summed E-state index contributed by atoms with van der Waals surface area (Å²) in [6.07, 6.45) is 0.715. The van der Waals surface area contributed by atoms with Crippen LogP contribution in [0.3, 0.4) is 0 Å². The molecule has 3 aromatic rings. The number of halogens is 1. The van der Waals surface area contributed by atoms with Crippen molar-refractivity contribution in [3.8, 4) is 0 Å². The van der Waals surface area contributed by atoms with E-state index in [-0.39, 0.29) is 24.2 Å². The fourth-order valence-corrected chi connectivity index (χ4v) is 3.43. The number of fused-ring (bicyclic) bond motifs is 1. The van der Waals surface area contributed by atoms with Crippen molar-refractivity contribution in [1.29, 1.82) is 0 Å². The third-order valence-corrected chi connectivity index (χ3v) is 4.85. The predicted molar refractivity (Wildman–Crippen MR) is 96.5 cm³/mol. The lowest BCUT2D eigenvalue weighted by Crippen LogP contribution is -2.33. The van der Waals surface area contributed by atoms with Gasteiger partial charge in [0.25, 0.3) is 0 Å². The van der Waals surface area contributed by atoms with Crippen molar-refractivity contribution >= 4 is 40.4 Å². The second kappa shape index (κ2) is 6.01. The lowest BCUT2D eigenvalue weighted by molar-refractivity contribution is -0.122. The van der Waals surface area contributed by atoms with E-state index in [1.165, 1.54) is 4.90 Å². The number of aromatic nitrogens is 2. The number of aryl methyl sites for hydroxylation is 1. The molecule has 2 amide bonds. The smallest absolute Gasteiger partial charge is 0.240 e. The van der Waals surface area contributed by atoms with Gasteiger partial charge < -0.3 is 4.57 Å². The van der Waals surface area contributed by atoms with Gasteiger partial charge in [0.05, 0.1) is 17.0 Å². The van der Waals surface area contributed by atoms with E-state index in [0.29, 0.717) is 17.4 Å². The van der Waals surface area contributed by atoms with Crippen molar-refractivity contribution in [2.24, 2.45) is 13.0 Å². The maximum atomic E-state index is 12.8. The maximum absolute atomic E-state index is 12.8. The Morgan fingerprint density at radius 2 is 1.84 bits per heavy atom. The number of hydrogen-bond donors (Lipinski definition) is 0. The third kappa shape index (κ3) is 2.70. The van der Waals surface area contributed by atoms with E-state index in [4.69, 9.17) is 11.6 Å². The molecule has 2 aromatic carbocycles. The van der Waals surface area contributed by atoms with Gasteiger partial charge in [-0.1, -0.05) is 35.9 Å². The topological polar surface area (TPSA) is 55.2 Å². The standard InChI is InChI=1S/C19H16ClN3O2/c1-22-16-5-3-2-4-15(16)21-19(22)23-17(24)11-13(18(23)25)10-12-6-8-14(20)9-7-12/h2-9,13H,10-11H2,1H3/t13-/m0/s1. The molecule has 1 fully saturated rings. The molecule has 25 heavy (non-hydrogen) atoms. The van der Waals surface area contributed by atoms with E-state index in [1.807, 2.05) is 43.4 Å². The second-order valence-corrected chi connectivity index (χ2v) is 6.69. The number of nitrogens with zero attached hydrogens (tertiary/aromatic N) is 3. The van der Waals surface area contributed by atoms with Crippen LogP contribution >= 0.6 is 11.6 Å². The molecule has 0 bridgehead atoms. The van der Waals surface area contributed by atoms with Crippen molar-refractivity contribution in [2.75, 3.05) is 4.90 Å². The van der Waals surface area contributed by atoms with E-state index < -0.39 is 0 Å². The fourth-order valence-electron chi connectivity index (χ4n) is 3.30. The van der Waals surface area contributed by atoms with Gasteiger partial charge in [0, 0.05) is 18.5 Å². The molecule has 0 N–H and O–H groups in total. The van der Waals surface area contributed by atoms with Gasteiger partial charge in [-0.05, 0) is 36.2 Å². The average Bonchev–Trinajstić information content (AvgIpc) is 3.07. The molecule has 1 aliphatic heterocycles. The molecule has 1 aromatic heterocycles. The van der Waals surface area contributed by atoms with E-state index in [1.54, 1.807) is 16.7 Å². The number of para-hydroxylation sites is 2. The van der Waals surface area contributed by atoms with Crippen molar-refractivity contribution < 1.29 is 9.59 Å². The Balaban J connectivity index is 1.64. The van der Waals surface area contributed by atoms with Crippen LogP contribution in [0.15, 0.2) is 48.5 Å². The minimum atomic E-state index is -0.367. The molecule has 0 unspecified atom stereocenters. The Kier molecular flexibility index (Phi) is 3.81. The highest BCUT2D eigenvalue weighted by molar-refractivity contribution is 6.30. The van der Waals surface area contributed by atoms with Gasteiger partial charge in [-0.25, -0.2) is 9.88 Å². The lowest BCUT2D eigenvalue weighted by Gasteiger charge is -2.14. The first-order valence-electron chi connectivity index (χ1n) is 8.07. The van der Waals surface area contributed by atoms with Crippen molar-refractivity contribution in [2.45, 2.75) is 12.8 Å². The molecule has 0 spiro atoms. The molecule has 0 radical (unpaired) electrons. The van der Waals surface area contributed by atoms with Gasteiger partial charge in [-0.3, -0.25) is 9.59 Å². The Labute approximate surface area is 149 Å². The van der Waals surface area contributed by atoms with Gasteiger partial charge in [0.15, 0.2) is 0 Å². The monoisotopic (exact) mass is 353 g/mol. The summed E-state index contributed by atoms with van der Waals surface area (Å²) in [6, 6.07) is 14.9. The summed E-state index contributed by atoms with van der Waals surface area (Å²) < 4.78 is 1.79. The van der Waals surface area contributed by atoms with Crippen LogP contribution in [0.5, 0.6) is 0 Å². The van der Waals surface area contributed by atoms with Gasteiger partial charge in [-0.15, -0.1) is 0 Å². The highest BCUT2D eigenvalue weighted by Gasteiger charge is 2.41. The molecule has 126 valence electrons. The number of rotatable bonds is 3. The third-order valence-electron chi connectivity index (χ3n) is 4.60. The molecule has 4 rings (SSSR count). The molecule has 1 aliphatic rings. The van der Waals surface area contributed by atoms with Gasteiger partial charge in [-0.2, -0.15) is 0 Å². The highest BCUT2D eigenvalue weighted by Crippen LogP contribution is 2.30. The first-order valence-corrected chi connectivity index (χ1v) is 8.45. The second-order valence-electron chi connectivity index (χ2n) is 6.26. The zero-order valence-corrected chi connectivity index (χ0v) is 14.4. The number of amides is 2. The molecule has 0 aliphatic carbocycles. The molecule has 5 nitrogen and oxygen atoms in total. The van der Waals surface area contributed by atoms with E-state index in [9.17, 15) is 9.59 Å². The van der Waals surface area contributed by atoms with E-state index in [0.717, 1.165) is 16.6 Å². The van der Waals surface area contributed by atoms with E-state index >= 15 is 0 Å². The van der Waals surface area contributed by atoms with Crippen LogP contribution in [0.25, 0.3) is 11.0 Å². The van der Waals surface area contributed by atoms with Crippen molar-refractivity contribution in [3.05, 3.63) is 59.1 Å². The highest BCUT2D eigenvalue weighted by atomic mass is 35.5. The Morgan fingerprint density at radius 3 is 2.56 bits per heavy atom. The zero-order chi connectivity index (χ0) is 17.6. The number of imidazole rings is 1. The first-order chi connectivity index (χ1) is 12.0. The van der Waals surface area contributed by atoms with Crippen LogP contribution in [0.2, 0.25) is 5.02 Å². The summed E-state index contributed by atoms with van der Waals surface area (Å²) in [5.41, 5.74) is 2.64. The Morgan fingerprint density at radius 1 is 1.12 bits per heavy atom. The van der Waals surface area contributed by atoms with Crippen molar-refractivity contribution in [3.63, 3.8) is 0 Å². The van der Waals surface area contributed by atoms with Crippen LogP contribution in [-0.2, 0) is 23.1 Å². The van der Waals surface area contributed by atoms with E-state index in [2.05, 4.69) is 4.98 Å².